The number of hydrogen-bond donors (Lipinski definition) is 1. The molecule has 1 saturated heterocycles. The normalized spacial score (nSPS) is 23.2. The number of ether oxygens (including phenoxy) is 1. The van der Waals surface area contributed by atoms with Crippen LogP contribution < -0.4 is 5.32 Å². The first-order chi connectivity index (χ1) is 7.58. The van der Waals surface area contributed by atoms with Gasteiger partial charge >= 0.3 is 5.97 Å². The number of β-lactam (4-membered cyclic amide) rings is 1. The molecular weight excluding hydrogens is 206 g/mol. The van der Waals surface area contributed by atoms with Gasteiger partial charge in [-0.15, -0.1) is 0 Å². The topological polar surface area (TPSA) is 55.4 Å². The van der Waals surface area contributed by atoms with Crippen molar-refractivity contribution in [2.45, 2.75) is 26.0 Å². The van der Waals surface area contributed by atoms with E-state index in [1.807, 2.05) is 31.2 Å². The lowest BCUT2D eigenvalue weighted by Gasteiger charge is -2.35. The summed E-state index contributed by atoms with van der Waals surface area (Å²) in [5.74, 6) is -0.669. The van der Waals surface area contributed by atoms with Crippen molar-refractivity contribution in [3.63, 3.8) is 0 Å². The average Bonchev–Trinajstić information content (AvgIpc) is 2.24. The second-order valence-corrected chi connectivity index (χ2v) is 3.93. The van der Waals surface area contributed by atoms with Crippen LogP contribution in [0.3, 0.4) is 0 Å². The SMILES string of the molecule is CC(=O)O[C@H]1C(=O)N[C@H]1c1ccc(C)cc1. The fraction of sp³-hybridized carbons (Fsp3) is 0.333. The molecule has 4 heteroatoms. The lowest BCUT2D eigenvalue weighted by Crippen LogP contribution is -2.57. The van der Waals surface area contributed by atoms with Crippen molar-refractivity contribution in [1.29, 1.82) is 0 Å². The number of nitrogens with one attached hydrogen (secondary N) is 1. The molecule has 0 aliphatic carbocycles. The van der Waals surface area contributed by atoms with Crippen LogP contribution in [-0.4, -0.2) is 18.0 Å². The van der Waals surface area contributed by atoms with Gasteiger partial charge in [0.05, 0.1) is 0 Å². The van der Waals surface area contributed by atoms with E-state index in [0.29, 0.717) is 0 Å². The molecule has 1 aromatic rings. The summed E-state index contributed by atoms with van der Waals surface area (Å²) in [6, 6.07) is 7.57. The Bertz CT molecular complexity index is 424. The molecule has 1 N–H and O–H groups in total. The van der Waals surface area contributed by atoms with Crippen molar-refractivity contribution in [2.24, 2.45) is 0 Å². The monoisotopic (exact) mass is 219 g/mol. The predicted octanol–water partition coefficient (Wildman–Crippen LogP) is 1.10. The van der Waals surface area contributed by atoms with Gasteiger partial charge in [0.25, 0.3) is 5.91 Å². The maximum Gasteiger partial charge on any atom is 0.303 e. The second kappa shape index (κ2) is 3.96. The Kier molecular flexibility index (Phi) is 2.64. The quantitative estimate of drug-likeness (QED) is 0.598. The van der Waals surface area contributed by atoms with Crippen molar-refractivity contribution in [1.82, 2.24) is 5.32 Å². The summed E-state index contributed by atoms with van der Waals surface area (Å²) in [5, 5.41) is 2.72. The molecule has 0 spiro atoms. The standard InChI is InChI=1S/C12H13NO3/c1-7-3-5-9(6-4-7)10-11(12(15)13-10)16-8(2)14/h3-6,10-11H,1-2H3,(H,13,15)/t10-,11+/m0/s1. The molecular formula is C12H13NO3. The molecule has 0 radical (unpaired) electrons. The zero-order chi connectivity index (χ0) is 11.7. The molecule has 4 nitrogen and oxygen atoms in total. The molecule has 1 aliphatic heterocycles. The Morgan fingerprint density at radius 1 is 1.31 bits per heavy atom. The summed E-state index contributed by atoms with van der Waals surface area (Å²) in [6.45, 7) is 3.30. The summed E-state index contributed by atoms with van der Waals surface area (Å²) in [6.07, 6.45) is -0.680. The van der Waals surface area contributed by atoms with E-state index < -0.39 is 12.1 Å². The second-order valence-electron chi connectivity index (χ2n) is 3.93. The minimum atomic E-state index is -0.680. The number of carbonyl (C=O) groups excluding carboxylic acids is 2. The molecule has 84 valence electrons. The van der Waals surface area contributed by atoms with E-state index in [4.69, 9.17) is 4.74 Å². The maximum absolute atomic E-state index is 11.2. The highest BCUT2D eigenvalue weighted by molar-refractivity contribution is 5.90. The molecule has 0 aromatic heterocycles. The number of benzene rings is 1. The van der Waals surface area contributed by atoms with Crippen LogP contribution in [0.1, 0.15) is 24.1 Å². The highest BCUT2D eigenvalue weighted by Crippen LogP contribution is 2.27. The Morgan fingerprint density at radius 2 is 1.94 bits per heavy atom. The Balaban J connectivity index is 2.13. The molecule has 2 rings (SSSR count). The van der Waals surface area contributed by atoms with Gasteiger partial charge in [-0.2, -0.15) is 0 Å². The number of amides is 1. The van der Waals surface area contributed by atoms with E-state index in [-0.39, 0.29) is 11.9 Å². The Morgan fingerprint density at radius 3 is 2.44 bits per heavy atom. The summed E-state index contributed by atoms with van der Waals surface area (Å²) >= 11 is 0. The minimum Gasteiger partial charge on any atom is -0.450 e. The lowest BCUT2D eigenvalue weighted by atomic mass is 9.93. The molecule has 16 heavy (non-hydrogen) atoms. The van der Waals surface area contributed by atoms with Gasteiger partial charge in [0.2, 0.25) is 6.10 Å². The third kappa shape index (κ3) is 1.91. The van der Waals surface area contributed by atoms with Gasteiger partial charge in [-0.3, -0.25) is 9.59 Å². The highest BCUT2D eigenvalue weighted by atomic mass is 16.6. The van der Waals surface area contributed by atoms with Gasteiger partial charge in [-0.25, -0.2) is 0 Å². The van der Waals surface area contributed by atoms with E-state index in [9.17, 15) is 9.59 Å². The maximum atomic E-state index is 11.2. The third-order valence-electron chi connectivity index (χ3n) is 2.59. The van der Waals surface area contributed by atoms with E-state index in [1.54, 1.807) is 0 Å². The summed E-state index contributed by atoms with van der Waals surface area (Å²) in [5.41, 5.74) is 2.11. The average molecular weight is 219 g/mol. The van der Waals surface area contributed by atoms with Crippen LogP contribution in [0, 0.1) is 6.92 Å². The zero-order valence-electron chi connectivity index (χ0n) is 9.19. The number of aryl methyl sites for hydroxylation is 1. The Labute approximate surface area is 93.6 Å². The third-order valence-corrected chi connectivity index (χ3v) is 2.59. The van der Waals surface area contributed by atoms with Gasteiger partial charge in [-0.1, -0.05) is 29.8 Å². The summed E-state index contributed by atoms with van der Waals surface area (Å²) in [4.78, 5) is 22.0. The molecule has 1 amide bonds. The van der Waals surface area contributed by atoms with Gasteiger partial charge in [0, 0.05) is 6.92 Å². The van der Waals surface area contributed by atoms with Crippen molar-refractivity contribution >= 4 is 11.9 Å². The number of carbonyl (C=O) groups is 2. The number of hydrogen-bond acceptors (Lipinski definition) is 3. The van der Waals surface area contributed by atoms with E-state index in [2.05, 4.69) is 5.32 Å². The minimum absolute atomic E-state index is 0.211. The first-order valence-electron chi connectivity index (χ1n) is 5.12. The van der Waals surface area contributed by atoms with Crippen LogP contribution >= 0.6 is 0 Å². The van der Waals surface area contributed by atoms with Crippen LogP contribution in [0.5, 0.6) is 0 Å². The Hall–Kier alpha value is -1.84. The fourth-order valence-corrected chi connectivity index (χ4v) is 1.70. The largest absolute Gasteiger partial charge is 0.450 e. The molecule has 1 aliphatic rings. The molecule has 0 unspecified atom stereocenters. The molecule has 1 heterocycles. The van der Waals surface area contributed by atoms with Gasteiger partial charge in [0.15, 0.2) is 0 Å². The van der Waals surface area contributed by atoms with E-state index in [1.165, 1.54) is 6.92 Å². The lowest BCUT2D eigenvalue weighted by molar-refractivity contribution is -0.164. The smallest absolute Gasteiger partial charge is 0.303 e. The first-order valence-corrected chi connectivity index (χ1v) is 5.12. The van der Waals surface area contributed by atoms with Crippen LogP contribution in [0.2, 0.25) is 0 Å². The van der Waals surface area contributed by atoms with E-state index in [0.717, 1.165) is 11.1 Å². The van der Waals surface area contributed by atoms with Gasteiger partial charge in [-0.05, 0) is 12.5 Å². The summed E-state index contributed by atoms with van der Waals surface area (Å²) in [7, 11) is 0. The van der Waals surface area contributed by atoms with Crippen molar-refractivity contribution in [3.05, 3.63) is 35.4 Å². The molecule has 0 saturated carbocycles. The summed E-state index contributed by atoms with van der Waals surface area (Å²) < 4.78 is 4.94. The number of rotatable bonds is 2. The van der Waals surface area contributed by atoms with Crippen LogP contribution in [-0.2, 0) is 14.3 Å². The predicted molar refractivity (Wildman–Crippen MR) is 57.6 cm³/mol. The van der Waals surface area contributed by atoms with Crippen molar-refractivity contribution < 1.29 is 14.3 Å². The molecule has 1 aromatic carbocycles. The van der Waals surface area contributed by atoms with Crippen molar-refractivity contribution in [3.8, 4) is 0 Å². The van der Waals surface area contributed by atoms with Crippen LogP contribution in [0.4, 0.5) is 0 Å². The highest BCUT2D eigenvalue weighted by Gasteiger charge is 2.42. The first kappa shape index (κ1) is 10.7. The molecule has 0 bridgehead atoms. The number of esters is 1. The fourth-order valence-electron chi connectivity index (χ4n) is 1.70. The van der Waals surface area contributed by atoms with Gasteiger partial charge in [0.1, 0.15) is 6.04 Å². The molecule has 1 fully saturated rings. The zero-order valence-corrected chi connectivity index (χ0v) is 9.19. The molecule has 2 atom stereocenters. The van der Waals surface area contributed by atoms with Crippen LogP contribution in [0.25, 0.3) is 0 Å². The van der Waals surface area contributed by atoms with Gasteiger partial charge < -0.3 is 10.1 Å². The van der Waals surface area contributed by atoms with Crippen LogP contribution in [0.15, 0.2) is 24.3 Å². The van der Waals surface area contributed by atoms with Crippen molar-refractivity contribution in [2.75, 3.05) is 0 Å². The van der Waals surface area contributed by atoms with E-state index >= 15 is 0 Å².